The summed E-state index contributed by atoms with van der Waals surface area (Å²) in [5, 5.41) is 0. The normalized spacial score (nSPS) is 11.8. The second-order valence-electron chi connectivity index (χ2n) is 4.69. The minimum Gasteiger partial charge on any atom is -0.369 e. The zero-order valence-electron chi connectivity index (χ0n) is 12.1. The third-order valence-corrected chi connectivity index (χ3v) is 4.77. The van der Waals surface area contributed by atoms with Gasteiger partial charge in [0, 0.05) is 19.8 Å². The zero-order valence-corrected chi connectivity index (χ0v) is 12.9. The van der Waals surface area contributed by atoms with E-state index in [1.54, 1.807) is 0 Å². The lowest BCUT2D eigenvalue weighted by Gasteiger charge is -2.19. The summed E-state index contributed by atoms with van der Waals surface area (Å²) in [6.07, 6.45) is 2.66. The van der Waals surface area contributed by atoms with E-state index in [9.17, 15) is 18.0 Å². The van der Waals surface area contributed by atoms with Crippen LogP contribution in [0.3, 0.4) is 0 Å². The maximum atomic E-state index is 12.5. The molecule has 0 bridgehead atoms. The largest absolute Gasteiger partial charge is 0.369 e. The molecule has 0 atom stereocenters. The summed E-state index contributed by atoms with van der Waals surface area (Å²) in [5.74, 6) is -1.46. The molecule has 0 radical (unpaired) electrons. The molecule has 2 amide bonds. The zero-order chi connectivity index (χ0) is 16.2. The molecule has 21 heavy (non-hydrogen) atoms. The van der Waals surface area contributed by atoms with Gasteiger partial charge in [0.05, 0.1) is 6.54 Å². The Hall–Kier alpha value is -1.87. The average Bonchev–Trinajstić information content (AvgIpc) is 2.76. The van der Waals surface area contributed by atoms with Gasteiger partial charge in [-0.05, 0) is 12.5 Å². The number of rotatable bonds is 8. The van der Waals surface area contributed by atoms with Crippen LogP contribution in [-0.4, -0.2) is 42.2 Å². The number of nitrogens with two attached hydrogens (primary N) is 2. The number of amides is 2. The van der Waals surface area contributed by atoms with Crippen LogP contribution < -0.4 is 11.5 Å². The fourth-order valence-corrected chi connectivity index (χ4v) is 3.38. The molecule has 0 unspecified atom stereocenters. The SMILES string of the molecule is CCCCN(CC(N)=O)S(=O)(=O)c1cc(C(N)=O)n(C)c1. The molecule has 118 valence electrons. The highest BCUT2D eigenvalue weighted by atomic mass is 32.2. The molecule has 0 aliphatic rings. The molecule has 1 aromatic heterocycles. The van der Waals surface area contributed by atoms with Crippen molar-refractivity contribution in [2.24, 2.45) is 18.5 Å². The van der Waals surface area contributed by atoms with Gasteiger partial charge >= 0.3 is 0 Å². The standard InChI is InChI=1S/C12H20N4O4S/c1-3-4-5-16(8-11(13)17)21(19,20)9-6-10(12(14)18)15(2)7-9/h6-7H,3-5,8H2,1-2H3,(H2,13,17)(H2,14,18). The van der Waals surface area contributed by atoms with Crippen molar-refractivity contribution in [3.05, 3.63) is 18.0 Å². The fourth-order valence-electron chi connectivity index (χ4n) is 1.86. The number of carbonyl (C=O) groups excluding carboxylic acids is 2. The summed E-state index contributed by atoms with van der Waals surface area (Å²) in [6.45, 7) is 1.69. The van der Waals surface area contributed by atoms with Crippen LogP contribution in [0.15, 0.2) is 17.2 Å². The minimum absolute atomic E-state index is 0.0723. The van der Waals surface area contributed by atoms with Gasteiger partial charge in [0.2, 0.25) is 15.9 Å². The molecular formula is C12H20N4O4S. The summed E-state index contributed by atoms with van der Waals surface area (Å²) in [5.41, 5.74) is 10.3. The molecule has 0 aliphatic heterocycles. The first kappa shape index (κ1) is 17.2. The molecule has 1 heterocycles. The monoisotopic (exact) mass is 316 g/mol. The second kappa shape index (κ2) is 6.72. The van der Waals surface area contributed by atoms with Crippen molar-refractivity contribution >= 4 is 21.8 Å². The van der Waals surface area contributed by atoms with Gasteiger partial charge in [-0.2, -0.15) is 4.31 Å². The Balaban J connectivity index is 3.18. The molecule has 0 saturated heterocycles. The van der Waals surface area contributed by atoms with Crippen molar-refractivity contribution < 1.29 is 18.0 Å². The van der Waals surface area contributed by atoms with Gasteiger partial charge in [-0.15, -0.1) is 0 Å². The fraction of sp³-hybridized carbons (Fsp3) is 0.500. The molecule has 9 heteroatoms. The third-order valence-electron chi connectivity index (χ3n) is 2.96. The number of sulfonamides is 1. The first-order chi connectivity index (χ1) is 9.70. The Morgan fingerprint density at radius 3 is 2.38 bits per heavy atom. The van der Waals surface area contributed by atoms with Crippen LogP contribution in [0, 0.1) is 0 Å². The van der Waals surface area contributed by atoms with E-state index >= 15 is 0 Å². The Kier molecular flexibility index (Phi) is 5.50. The number of aromatic nitrogens is 1. The lowest BCUT2D eigenvalue weighted by Crippen LogP contribution is -2.38. The van der Waals surface area contributed by atoms with Crippen LogP contribution in [0.1, 0.15) is 30.3 Å². The quantitative estimate of drug-likeness (QED) is 0.663. The minimum atomic E-state index is -3.90. The van der Waals surface area contributed by atoms with Gasteiger partial charge in [-0.3, -0.25) is 9.59 Å². The number of carbonyl (C=O) groups is 2. The van der Waals surface area contributed by atoms with E-state index in [0.29, 0.717) is 6.42 Å². The van der Waals surface area contributed by atoms with Crippen molar-refractivity contribution in [1.29, 1.82) is 0 Å². The van der Waals surface area contributed by atoms with E-state index in [0.717, 1.165) is 10.7 Å². The molecule has 1 aromatic rings. The summed E-state index contributed by atoms with van der Waals surface area (Å²) < 4.78 is 27.4. The smallest absolute Gasteiger partial charge is 0.265 e. The van der Waals surface area contributed by atoms with Crippen molar-refractivity contribution in [3.8, 4) is 0 Å². The van der Waals surface area contributed by atoms with Crippen LogP contribution >= 0.6 is 0 Å². The van der Waals surface area contributed by atoms with Crippen LogP contribution in [0.25, 0.3) is 0 Å². The lowest BCUT2D eigenvalue weighted by atomic mass is 10.3. The molecule has 1 rings (SSSR count). The highest BCUT2D eigenvalue weighted by molar-refractivity contribution is 7.89. The van der Waals surface area contributed by atoms with Crippen molar-refractivity contribution in [3.63, 3.8) is 0 Å². The van der Waals surface area contributed by atoms with E-state index in [1.807, 2.05) is 6.92 Å². The Bertz CT molecular complexity index is 636. The first-order valence-corrected chi connectivity index (χ1v) is 7.88. The van der Waals surface area contributed by atoms with Gasteiger partial charge in [0.15, 0.2) is 0 Å². The summed E-state index contributed by atoms with van der Waals surface area (Å²) >= 11 is 0. The number of hydrogen-bond donors (Lipinski definition) is 2. The number of nitrogens with zero attached hydrogens (tertiary/aromatic N) is 2. The maximum absolute atomic E-state index is 12.5. The lowest BCUT2D eigenvalue weighted by molar-refractivity contribution is -0.118. The first-order valence-electron chi connectivity index (χ1n) is 6.44. The third kappa shape index (κ3) is 4.05. The topological polar surface area (TPSA) is 128 Å². The molecule has 4 N–H and O–H groups in total. The van der Waals surface area contributed by atoms with Gasteiger partial charge in [-0.1, -0.05) is 13.3 Å². The average molecular weight is 316 g/mol. The van der Waals surface area contributed by atoms with Crippen LogP contribution in [0.5, 0.6) is 0 Å². The van der Waals surface area contributed by atoms with E-state index in [1.165, 1.54) is 23.9 Å². The second-order valence-corrected chi connectivity index (χ2v) is 6.63. The number of hydrogen-bond acceptors (Lipinski definition) is 4. The van der Waals surface area contributed by atoms with Crippen molar-refractivity contribution in [1.82, 2.24) is 8.87 Å². The number of aryl methyl sites for hydroxylation is 1. The molecule has 0 aromatic carbocycles. The maximum Gasteiger partial charge on any atom is 0.265 e. The van der Waals surface area contributed by atoms with Gasteiger partial charge < -0.3 is 16.0 Å². The predicted molar refractivity (Wildman–Crippen MR) is 76.8 cm³/mol. The van der Waals surface area contributed by atoms with E-state index in [2.05, 4.69) is 0 Å². The van der Waals surface area contributed by atoms with Gasteiger partial charge in [-0.25, -0.2) is 8.42 Å². The van der Waals surface area contributed by atoms with Crippen LogP contribution in [-0.2, 0) is 21.9 Å². The predicted octanol–water partition coefficient (Wildman–Crippen LogP) is -0.600. The van der Waals surface area contributed by atoms with E-state index in [-0.39, 0.29) is 17.1 Å². The van der Waals surface area contributed by atoms with Gasteiger partial charge in [0.1, 0.15) is 10.6 Å². The molecule has 0 spiro atoms. The van der Waals surface area contributed by atoms with E-state index < -0.39 is 28.4 Å². The molecule has 8 nitrogen and oxygen atoms in total. The molecule has 0 fully saturated rings. The molecule has 0 saturated carbocycles. The summed E-state index contributed by atoms with van der Waals surface area (Å²) in [6, 6.07) is 1.19. The number of primary amides is 2. The summed E-state index contributed by atoms with van der Waals surface area (Å²) in [7, 11) is -2.38. The van der Waals surface area contributed by atoms with Gasteiger partial charge in [0.25, 0.3) is 5.91 Å². The highest BCUT2D eigenvalue weighted by Crippen LogP contribution is 2.18. The Labute approximate surface area is 123 Å². The Morgan fingerprint density at radius 1 is 1.33 bits per heavy atom. The van der Waals surface area contributed by atoms with Crippen LogP contribution in [0.2, 0.25) is 0 Å². The van der Waals surface area contributed by atoms with Crippen LogP contribution in [0.4, 0.5) is 0 Å². The Morgan fingerprint density at radius 2 is 1.95 bits per heavy atom. The van der Waals surface area contributed by atoms with Crippen molar-refractivity contribution in [2.75, 3.05) is 13.1 Å². The summed E-state index contributed by atoms with van der Waals surface area (Å²) in [4.78, 5) is 22.2. The molecule has 0 aliphatic carbocycles. The molecular weight excluding hydrogens is 296 g/mol. The van der Waals surface area contributed by atoms with E-state index in [4.69, 9.17) is 11.5 Å². The van der Waals surface area contributed by atoms with Crippen molar-refractivity contribution in [2.45, 2.75) is 24.7 Å². The highest BCUT2D eigenvalue weighted by Gasteiger charge is 2.27. The number of unbranched alkanes of at least 4 members (excludes halogenated alkanes) is 1.